The number of hydrogen-bond donors (Lipinski definition) is 3. The van der Waals surface area contributed by atoms with Gasteiger partial charge in [0.25, 0.3) is 5.91 Å². The Morgan fingerprint density at radius 3 is 3.05 bits per heavy atom. The maximum Gasteiger partial charge on any atom is 0.344 e. The Bertz CT molecular complexity index is 557. The average molecular weight is 279 g/mol. The molecular weight excluding hydrogens is 266 g/mol. The zero-order chi connectivity index (χ0) is 14.3. The lowest BCUT2D eigenvalue weighted by Crippen LogP contribution is -2.50. The van der Waals surface area contributed by atoms with Gasteiger partial charge in [0.15, 0.2) is 12.1 Å². The van der Waals surface area contributed by atoms with Crippen molar-refractivity contribution in [3.05, 3.63) is 18.4 Å². The van der Waals surface area contributed by atoms with Crippen molar-refractivity contribution in [2.75, 3.05) is 6.54 Å². The summed E-state index contributed by atoms with van der Waals surface area (Å²) in [6.07, 6.45) is 3.41. The van der Waals surface area contributed by atoms with E-state index in [1.165, 1.54) is 11.2 Å². The minimum absolute atomic E-state index is 0.0694. The monoisotopic (exact) mass is 279 g/mol. The summed E-state index contributed by atoms with van der Waals surface area (Å²) in [5, 5.41) is 20.6. The van der Waals surface area contributed by atoms with Crippen LogP contribution in [0.3, 0.4) is 0 Å². The van der Waals surface area contributed by atoms with Crippen molar-refractivity contribution in [1.29, 1.82) is 5.41 Å². The molecule has 2 atom stereocenters. The van der Waals surface area contributed by atoms with Gasteiger partial charge in [-0.1, -0.05) is 0 Å². The molecule has 1 aromatic heterocycles. The number of amidine groups is 1. The summed E-state index contributed by atoms with van der Waals surface area (Å²) in [6.45, 7) is 0.363. The Balaban J connectivity index is 1.69. The molecule has 2 fully saturated rings. The van der Waals surface area contributed by atoms with E-state index in [4.69, 9.17) is 9.83 Å². The fourth-order valence-corrected chi connectivity index (χ4v) is 2.54. The van der Waals surface area contributed by atoms with Crippen molar-refractivity contribution in [2.45, 2.75) is 24.9 Å². The summed E-state index contributed by atoms with van der Waals surface area (Å²) >= 11 is 0. The standard InChI is InChI=1S/C11H13N5O4/c12-9(14-10(17)7-4-20-5-13-7)8-2-1-6-3-15(8)11(18)16(6)19/h4-6,8,19H,1-3H2,(H2,12,14,17)/t6-,8+/m1/s1. The Kier molecular flexibility index (Phi) is 2.90. The number of carbonyl (C=O) groups excluding carboxylic acids is 2. The van der Waals surface area contributed by atoms with Gasteiger partial charge in [-0.3, -0.25) is 15.4 Å². The third-order valence-corrected chi connectivity index (χ3v) is 3.59. The molecule has 0 unspecified atom stereocenters. The first-order valence-electron chi connectivity index (χ1n) is 6.14. The van der Waals surface area contributed by atoms with Gasteiger partial charge < -0.3 is 14.6 Å². The van der Waals surface area contributed by atoms with Gasteiger partial charge in [-0.05, 0) is 12.8 Å². The van der Waals surface area contributed by atoms with Gasteiger partial charge in [0.05, 0.1) is 12.1 Å². The van der Waals surface area contributed by atoms with Gasteiger partial charge >= 0.3 is 6.03 Å². The summed E-state index contributed by atoms with van der Waals surface area (Å²) < 4.78 is 4.70. The van der Waals surface area contributed by atoms with E-state index in [0.717, 1.165) is 6.39 Å². The van der Waals surface area contributed by atoms with E-state index in [0.29, 0.717) is 24.4 Å². The summed E-state index contributed by atoms with van der Waals surface area (Å²) in [5.74, 6) is -0.640. The number of nitrogens with one attached hydrogen (secondary N) is 2. The van der Waals surface area contributed by atoms with E-state index in [1.54, 1.807) is 0 Å². The predicted molar refractivity (Wildman–Crippen MR) is 64.2 cm³/mol. The molecule has 2 bridgehead atoms. The van der Waals surface area contributed by atoms with E-state index < -0.39 is 18.0 Å². The van der Waals surface area contributed by atoms with Crippen LogP contribution in [0.2, 0.25) is 0 Å². The summed E-state index contributed by atoms with van der Waals surface area (Å²) in [7, 11) is 0. The van der Waals surface area contributed by atoms with Crippen LogP contribution in [0.15, 0.2) is 17.1 Å². The Morgan fingerprint density at radius 1 is 1.55 bits per heavy atom. The molecular formula is C11H13N5O4. The fraction of sp³-hybridized carbons (Fsp3) is 0.455. The van der Waals surface area contributed by atoms with Gasteiger partial charge in [-0.2, -0.15) is 0 Å². The quantitative estimate of drug-likeness (QED) is 0.400. The highest BCUT2D eigenvalue weighted by Crippen LogP contribution is 2.28. The number of rotatable bonds is 2. The van der Waals surface area contributed by atoms with Crippen LogP contribution >= 0.6 is 0 Å². The normalized spacial score (nSPS) is 24.9. The second-order valence-electron chi connectivity index (χ2n) is 4.77. The molecule has 2 saturated heterocycles. The number of carbonyl (C=O) groups is 2. The molecule has 1 aromatic rings. The van der Waals surface area contributed by atoms with Crippen LogP contribution in [0.4, 0.5) is 4.79 Å². The predicted octanol–water partition coefficient (Wildman–Crippen LogP) is 0.0395. The molecule has 0 saturated carbocycles. The molecule has 0 radical (unpaired) electrons. The van der Waals surface area contributed by atoms with E-state index in [9.17, 15) is 14.8 Å². The number of aromatic nitrogens is 1. The molecule has 0 spiro atoms. The van der Waals surface area contributed by atoms with Crippen LogP contribution in [0.1, 0.15) is 23.3 Å². The zero-order valence-electron chi connectivity index (χ0n) is 10.4. The Labute approximate surface area is 113 Å². The first-order valence-corrected chi connectivity index (χ1v) is 6.14. The fourth-order valence-electron chi connectivity index (χ4n) is 2.54. The van der Waals surface area contributed by atoms with E-state index in [2.05, 4.69) is 10.3 Å². The van der Waals surface area contributed by atoms with Crippen LogP contribution in [0.25, 0.3) is 0 Å². The van der Waals surface area contributed by atoms with Gasteiger partial charge in [0.1, 0.15) is 12.1 Å². The number of nitrogens with zero attached hydrogens (tertiary/aromatic N) is 3. The third-order valence-electron chi connectivity index (χ3n) is 3.59. The number of amides is 3. The van der Waals surface area contributed by atoms with Crippen LogP contribution in [-0.2, 0) is 0 Å². The molecule has 20 heavy (non-hydrogen) atoms. The molecule has 9 nitrogen and oxygen atoms in total. The molecule has 3 amide bonds. The highest BCUT2D eigenvalue weighted by atomic mass is 16.5. The SMILES string of the molecule is N=C(NC(=O)c1cocn1)[C@@H]1CC[C@@H]2CN1C(=O)N2O. The Morgan fingerprint density at radius 2 is 2.35 bits per heavy atom. The van der Waals surface area contributed by atoms with Crippen molar-refractivity contribution in [3.63, 3.8) is 0 Å². The van der Waals surface area contributed by atoms with Crippen molar-refractivity contribution >= 4 is 17.8 Å². The van der Waals surface area contributed by atoms with Crippen LogP contribution in [0, 0.1) is 5.41 Å². The van der Waals surface area contributed by atoms with Crippen LogP contribution in [-0.4, -0.2) is 56.6 Å². The molecule has 9 heteroatoms. The van der Waals surface area contributed by atoms with Gasteiger partial charge in [0, 0.05) is 6.54 Å². The largest absolute Gasteiger partial charge is 0.451 e. The van der Waals surface area contributed by atoms with E-state index in [-0.39, 0.29) is 17.6 Å². The lowest BCUT2D eigenvalue weighted by molar-refractivity contribution is -0.0583. The lowest BCUT2D eigenvalue weighted by atomic mass is 10.00. The summed E-state index contributed by atoms with van der Waals surface area (Å²) in [4.78, 5) is 28.6. The highest BCUT2D eigenvalue weighted by molar-refractivity contribution is 6.06. The second-order valence-corrected chi connectivity index (χ2v) is 4.77. The first kappa shape index (κ1) is 12.6. The molecule has 2 aliphatic rings. The molecule has 106 valence electrons. The molecule has 0 aromatic carbocycles. The van der Waals surface area contributed by atoms with Crippen molar-refractivity contribution in [3.8, 4) is 0 Å². The van der Waals surface area contributed by atoms with Crippen LogP contribution in [0.5, 0.6) is 0 Å². The maximum absolute atomic E-state index is 11.8. The third kappa shape index (κ3) is 1.92. The minimum atomic E-state index is -0.557. The molecule has 3 heterocycles. The molecule has 2 aliphatic heterocycles. The topological polar surface area (TPSA) is 123 Å². The number of hydrogen-bond acceptors (Lipinski definition) is 6. The zero-order valence-corrected chi connectivity index (χ0v) is 10.4. The number of fused-ring (bicyclic) bond motifs is 2. The number of oxazole rings is 1. The lowest BCUT2D eigenvalue weighted by Gasteiger charge is -2.30. The smallest absolute Gasteiger partial charge is 0.344 e. The molecule has 3 rings (SSSR count). The minimum Gasteiger partial charge on any atom is -0.451 e. The highest BCUT2D eigenvalue weighted by Gasteiger charge is 2.45. The first-order chi connectivity index (χ1) is 9.58. The maximum atomic E-state index is 11.8. The van der Waals surface area contributed by atoms with E-state index in [1.807, 2.05) is 0 Å². The van der Waals surface area contributed by atoms with Gasteiger partial charge in [0.2, 0.25) is 0 Å². The summed E-state index contributed by atoms with van der Waals surface area (Å²) in [5.41, 5.74) is 0.0694. The van der Waals surface area contributed by atoms with E-state index >= 15 is 0 Å². The Hall–Kier alpha value is -2.42. The number of hydroxylamine groups is 2. The summed E-state index contributed by atoms with van der Waals surface area (Å²) in [6, 6.07) is -1.29. The second kappa shape index (κ2) is 4.60. The molecule has 0 aliphatic carbocycles. The van der Waals surface area contributed by atoms with Crippen molar-refractivity contribution in [1.82, 2.24) is 20.3 Å². The molecule has 3 N–H and O–H groups in total. The number of piperidine rings is 1. The van der Waals surface area contributed by atoms with Crippen LogP contribution < -0.4 is 5.32 Å². The van der Waals surface area contributed by atoms with Gasteiger partial charge in [-0.25, -0.2) is 14.8 Å². The van der Waals surface area contributed by atoms with Crippen molar-refractivity contribution < 1.29 is 19.2 Å². The number of urea groups is 1. The van der Waals surface area contributed by atoms with Crippen molar-refractivity contribution in [2.24, 2.45) is 0 Å². The average Bonchev–Trinajstić information content (AvgIpc) is 3.04. The van der Waals surface area contributed by atoms with Gasteiger partial charge in [-0.15, -0.1) is 0 Å².